The highest BCUT2D eigenvalue weighted by molar-refractivity contribution is 5.82. The van der Waals surface area contributed by atoms with Gasteiger partial charge in [0.1, 0.15) is 17.7 Å². The monoisotopic (exact) mass is 394 g/mol. The number of methoxy groups -OCH3 is 1. The Bertz CT molecular complexity index is 642. The number of rotatable bonds is 9. The van der Waals surface area contributed by atoms with E-state index in [-0.39, 0.29) is 13.2 Å². The second-order valence-corrected chi connectivity index (χ2v) is 7.12. The van der Waals surface area contributed by atoms with E-state index in [1.807, 2.05) is 30.3 Å². The van der Waals surface area contributed by atoms with E-state index >= 15 is 0 Å². The third-order valence-corrected chi connectivity index (χ3v) is 3.60. The number of hydrogen-bond acceptors (Lipinski definition) is 7. The number of alkyl carbamates (subject to hydrolysis) is 1. The molecule has 0 unspecified atom stereocenters. The van der Waals surface area contributed by atoms with E-state index in [2.05, 4.69) is 10.6 Å². The van der Waals surface area contributed by atoms with Crippen molar-refractivity contribution in [3.63, 3.8) is 0 Å². The second-order valence-electron chi connectivity index (χ2n) is 7.12. The molecule has 2 N–H and O–H groups in total. The first-order valence-electron chi connectivity index (χ1n) is 9.17. The summed E-state index contributed by atoms with van der Waals surface area (Å²) < 4.78 is 15.0. The van der Waals surface area contributed by atoms with Gasteiger partial charge in [0.25, 0.3) is 0 Å². The molecule has 156 valence electrons. The van der Waals surface area contributed by atoms with E-state index in [1.54, 1.807) is 27.7 Å². The summed E-state index contributed by atoms with van der Waals surface area (Å²) in [6.07, 6.45) is -0.375. The highest BCUT2D eigenvalue weighted by atomic mass is 16.6. The van der Waals surface area contributed by atoms with Crippen LogP contribution < -0.4 is 10.6 Å². The summed E-state index contributed by atoms with van der Waals surface area (Å²) in [6.45, 7) is 6.97. The van der Waals surface area contributed by atoms with Gasteiger partial charge in [-0.1, -0.05) is 30.3 Å². The van der Waals surface area contributed by atoms with Crippen molar-refractivity contribution in [3.05, 3.63) is 35.9 Å². The molecule has 0 saturated heterocycles. The van der Waals surface area contributed by atoms with Crippen LogP contribution in [0.4, 0.5) is 4.79 Å². The van der Waals surface area contributed by atoms with E-state index < -0.39 is 35.7 Å². The second kappa shape index (κ2) is 11.3. The molecule has 0 fully saturated rings. The standard InChI is InChI=1S/C20H30N2O6/c1-6-27-18(24)16(22-19(25)28-20(2,3)4)13-21-15(17(23)26-5)12-14-10-8-7-9-11-14/h7-11,15-16,21H,6,12-13H2,1-5H3,(H,22,25)/t15-,16-/m0/s1. The highest BCUT2D eigenvalue weighted by Gasteiger charge is 2.28. The van der Waals surface area contributed by atoms with Gasteiger partial charge in [0.15, 0.2) is 0 Å². The van der Waals surface area contributed by atoms with Gasteiger partial charge in [0.2, 0.25) is 0 Å². The molecule has 0 aliphatic heterocycles. The van der Waals surface area contributed by atoms with Crippen LogP contribution in [0.15, 0.2) is 30.3 Å². The SMILES string of the molecule is CCOC(=O)[C@H](CN[C@@H](Cc1ccccc1)C(=O)OC)NC(=O)OC(C)(C)C. The van der Waals surface area contributed by atoms with Crippen LogP contribution in [0.25, 0.3) is 0 Å². The zero-order valence-corrected chi connectivity index (χ0v) is 17.1. The van der Waals surface area contributed by atoms with Crippen LogP contribution >= 0.6 is 0 Å². The maximum Gasteiger partial charge on any atom is 0.408 e. The lowest BCUT2D eigenvalue weighted by Gasteiger charge is -2.24. The quantitative estimate of drug-likeness (QED) is 0.486. The van der Waals surface area contributed by atoms with Gasteiger partial charge in [-0.15, -0.1) is 0 Å². The lowest BCUT2D eigenvalue weighted by molar-refractivity contribution is -0.147. The molecule has 0 heterocycles. The van der Waals surface area contributed by atoms with Crippen LogP contribution in [0.2, 0.25) is 0 Å². The summed E-state index contributed by atoms with van der Waals surface area (Å²) >= 11 is 0. The van der Waals surface area contributed by atoms with E-state index in [1.165, 1.54) is 7.11 Å². The first-order chi connectivity index (χ1) is 13.2. The van der Waals surface area contributed by atoms with Crippen molar-refractivity contribution in [3.8, 4) is 0 Å². The van der Waals surface area contributed by atoms with E-state index in [4.69, 9.17) is 14.2 Å². The van der Waals surface area contributed by atoms with Gasteiger partial charge in [0.05, 0.1) is 13.7 Å². The van der Waals surface area contributed by atoms with Crippen LogP contribution in [-0.4, -0.2) is 56.0 Å². The normalized spacial score (nSPS) is 13.2. The smallest absolute Gasteiger partial charge is 0.408 e. The number of carbonyl (C=O) groups excluding carboxylic acids is 3. The molecule has 8 heteroatoms. The van der Waals surface area contributed by atoms with Crippen LogP contribution in [0.3, 0.4) is 0 Å². The molecule has 0 aliphatic carbocycles. The summed E-state index contributed by atoms with van der Waals surface area (Å²) in [5.41, 5.74) is 0.219. The van der Waals surface area contributed by atoms with Crippen molar-refractivity contribution in [2.24, 2.45) is 0 Å². The fourth-order valence-electron chi connectivity index (χ4n) is 2.38. The molecule has 8 nitrogen and oxygen atoms in total. The van der Waals surface area contributed by atoms with Gasteiger partial charge in [-0.25, -0.2) is 9.59 Å². The predicted octanol–water partition coefficient (Wildman–Crippen LogP) is 1.82. The van der Waals surface area contributed by atoms with Crippen molar-refractivity contribution in [1.82, 2.24) is 10.6 Å². The number of carbonyl (C=O) groups is 3. The largest absolute Gasteiger partial charge is 0.468 e. The number of esters is 2. The van der Waals surface area contributed by atoms with Gasteiger partial charge in [-0.2, -0.15) is 0 Å². The van der Waals surface area contributed by atoms with E-state index in [9.17, 15) is 14.4 Å². The highest BCUT2D eigenvalue weighted by Crippen LogP contribution is 2.08. The molecule has 0 radical (unpaired) electrons. The Balaban J connectivity index is 2.81. The Morgan fingerprint density at radius 1 is 1.04 bits per heavy atom. The Hall–Kier alpha value is -2.61. The third-order valence-electron chi connectivity index (χ3n) is 3.60. The number of ether oxygens (including phenoxy) is 3. The molecule has 0 aliphatic rings. The Morgan fingerprint density at radius 2 is 1.68 bits per heavy atom. The van der Waals surface area contributed by atoms with Crippen molar-refractivity contribution >= 4 is 18.0 Å². The van der Waals surface area contributed by atoms with Crippen LogP contribution in [0.5, 0.6) is 0 Å². The maximum absolute atomic E-state index is 12.2. The maximum atomic E-state index is 12.2. The molecule has 28 heavy (non-hydrogen) atoms. The van der Waals surface area contributed by atoms with Gasteiger partial charge in [-0.05, 0) is 39.7 Å². The Labute approximate surface area is 165 Å². The Morgan fingerprint density at radius 3 is 2.21 bits per heavy atom. The topological polar surface area (TPSA) is 103 Å². The summed E-state index contributed by atoms with van der Waals surface area (Å²) in [4.78, 5) is 36.4. The molecular formula is C20H30N2O6. The van der Waals surface area contributed by atoms with Crippen molar-refractivity contribution < 1.29 is 28.6 Å². The minimum absolute atomic E-state index is 0.0231. The van der Waals surface area contributed by atoms with Gasteiger partial charge < -0.3 is 24.8 Å². The molecular weight excluding hydrogens is 364 g/mol. The average Bonchev–Trinajstić information content (AvgIpc) is 2.62. The number of amides is 1. The summed E-state index contributed by atoms with van der Waals surface area (Å²) in [5.74, 6) is -1.09. The molecule has 1 rings (SSSR count). The predicted molar refractivity (Wildman–Crippen MR) is 104 cm³/mol. The van der Waals surface area contributed by atoms with Crippen molar-refractivity contribution in [1.29, 1.82) is 0 Å². The molecule has 0 spiro atoms. The fraction of sp³-hybridized carbons (Fsp3) is 0.550. The van der Waals surface area contributed by atoms with E-state index in [0.717, 1.165) is 5.56 Å². The van der Waals surface area contributed by atoms with Crippen LogP contribution in [0.1, 0.15) is 33.3 Å². The first-order valence-corrected chi connectivity index (χ1v) is 9.17. The number of nitrogens with one attached hydrogen (secondary N) is 2. The lowest BCUT2D eigenvalue weighted by Crippen LogP contribution is -2.52. The molecule has 2 atom stereocenters. The number of hydrogen-bond donors (Lipinski definition) is 2. The minimum Gasteiger partial charge on any atom is -0.468 e. The molecule has 0 bridgehead atoms. The van der Waals surface area contributed by atoms with Crippen molar-refractivity contribution in [2.45, 2.75) is 51.8 Å². The van der Waals surface area contributed by atoms with Crippen LogP contribution in [-0.2, 0) is 30.2 Å². The Kier molecular flexibility index (Phi) is 9.44. The third kappa shape index (κ3) is 8.85. The fourth-order valence-corrected chi connectivity index (χ4v) is 2.38. The molecule has 1 aromatic rings. The van der Waals surface area contributed by atoms with Gasteiger partial charge in [-0.3, -0.25) is 4.79 Å². The van der Waals surface area contributed by atoms with Gasteiger partial charge >= 0.3 is 18.0 Å². The van der Waals surface area contributed by atoms with Crippen LogP contribution in [0, 0.1) is 0 Å². The van der Waals surface area contributed by atoms with E-state index in [0.29, 0.717) is 6.42 Å². The summed E-state index contributed by atoms with van der Waals surface area (Å²) in [6, 6.07) is 7.69. The number of benzene rings is 1. The molecule has 1 amide bonds. The zero-order valence-electron chi connectivity index (χ0n) is 17.1. The minimum atomic E-state index is -1.02. The zero-order chi connectivity index (χ0) is 21.2. The average molecular weight is 394 g/mol. The molecule has 1 aromatic carbocycles. The summed E-state index contributed by atoms with van der Waals surface area (Å²) in [7, 11) is 1.30. The first kappa shape index (κ1) is 23.4. The summed E-state index contributed by atoms with van der Waals surface area (Å²) in [5, 5.41) is 5.46. The van der Waals surface area contributed by atoms with Crippen molar-refractivity contribution in [2.75, 3.05) is 20.3 Å². The van der Waals surface area contributed by atoms with Gasteiger partial charge in [0, 0.05) is 6.54 Å². The lowest BCUT2D eigenvalue weighted by atomic mass is 10.1. The molecule has 0 saturated carbocycles. The molecule has 0 aromatic heterocycles.